The molecular formula is C20H21ClN4O4S. The third-order valence-corrected chi connectivity index (χ3v) is 5.24. The molecule has 0 atom stereocenters. The molecule has 0 unspecified atom stereocenters. The van der Waals surface area contributed by atoms with Gasteiger partial charge in [-0.3, -0.25) is 5.01 Å². The average molecular weight is 449 g/mol. The van der Waals surface area contributed by atoms with Crippen LogP contribution in [0.3, 0.4) is 0 Å². The van der Waals surface area contributed by atoms with Gasteiger partial charge in [-0.1, -0.05) is 11.6 Å². The predicted octanol–water partition coefficient (Wildman–Crippen LogP) is 3.97. The molecule has 2 aliphatic rings. The van der Waals surface area contributed by atoms with Crippen LogP contribution in [0.1, 0.15) is 6.42 Å². The van der Waals surface area contributed by atoms with Crippen molar-refractivity contribution < 1.29 is 19.0 Å². The molecule has 0 radical (unpaired) electrons. The first kappa shape index (κ1) is 20.4. The first-order valence-electron chi connectivity index (χ1n) is 9.45. The summed E-state index contributed by atoms with van der Waals surface area (Å²) in [5.74, 6) is 1.89. The van der Waals surface area contributed by atoms with E-state index < -0.39 is 0 Å². The van der Waals surface area contributed by atoms with Crippen molar-refractivity contribution in [3.8, 4) is 17.2 Å². The lowest BCUT2D eigenvalue weighted by Gasteiger charge is -2.30. The Morgan fingerprint density at radius 3 is 2.63 bits per heavy atom. The van der Waals surface area contributed by atoms with Gasteiger partial charge < -0.3 is 24.8 Å². The lowest BCUT2D eigenvalue weighted by molar-refractivity contribution is 0.139. The zero-order valence-electron chi connectivity index (χ0n) is 16.3. The van der Waals surface area contributed by atoms with Crippen LogP contribution in [0, 0.1) is 0 Å². The molecule has 1 saturated heterocycles. The quantitative estimate of drug-likeness (QED) is 0.688. The number of hydrazine groups is 1. The van der Waals surface area contributed by atoms with Crippen LogP contribution in [-0.4, -0.2) is 54.6 Å². The molecule has 2 amide bonds. The van der Waals surface area contributed by atoms with E-state index in [4.69, 9.17) is 38.0 Å². The molecular weight excluding hydrogens is 428 g/mol. The Balaban J connectivity index is 1.44. The Morgan fingerprint density at radius 1 is 1.07 bits per heavy atom. The summed E-state index contributed by atoms with van der Waals surface area (Å²) < 4.78 is 16.4. The van der Waals surface area contributed by atoms with Gasteiger partial charge in [0.2, 0.25) is 0 Å². The third-order valence-electron chi connectivity index (χ3n) is 4.70. The van der Waals surface area contributed by atoms with Crippen molar-refractivity contribution in [2.45, 2.75) is 6.42 Å². The summed E-state index contributed by atoms with van der Waals surface area (Å²) >= 11 is 11.6. The van der Waals surface area contributed by atoms with Crippen molar-refractivity contribution in [2.75, 3.05) is 44.0 Å². The number of ether oxygens (including phenoxy) is 3. The molecule has 2 aromatic carbocycles. The summed E-state index contributed by atoms with van der Waals surface area (Å²) in [4.78, 5) is 12.9. The Kier molecular flexibility index (Phi) is 6.01. The van der Waals surface area contributed by atoms with Crippen LogP contribution >= 0.6 is 23.8 Å². The molecule has 0 aliphatic carbocycles. The SMILES string of the molecule is COc1ccc(Cl)cc1NC(=O)N1CCCN1C(=S)Nc1ccc2c(c1)OCCO2. The van der Waals surface area contributed by atoms with Crippen molar-refractivity contribution in [2.24, 2.45) is 0 Å². The minimum absolute atomic E-state index is 0.320. The summed E-state index contributed by atoms with van der Waals surface area (Å²) in [6, 6.07) is 10.2. The number of fused-ring (bicyclic) bond motifs is 1. The van der Waals surface area contributed by atoms with E-state index in [0.29, 0.717) is 59.4 Å². The molecule has 1 fully saturated rings. The second kappa shape index (κ2) is 8.85. The van der Waals surface area contributed by atoms with Gasteiger partial charge in [0.05, 0.1) is 12.8 Å². The fourth-order valence-electron chi connectivity index (χ4n) is 3.30. The van der Waals surface area contributed by atoms with Crippen LogP contribution in [0.15, 0.2) is 36.4 Å². The molecule has 30 heavy (non-hydrogen) atoms. The number of thiocarbonyl (C=S) groups is 1. The average Bonchev–Trinajstić information content (AvgIpc) is 3.24. The predicted molar refractivity (Wildman–Crippen MR) is 119 cm³/mol. The second-order valence-electron chi connectivity index (χ2n) is 6.66. The van der Waals surface area contributed by atoms with Gasteiger partial charge in [-0.25, -0.2) is 9.80 Å². The fraction of sp³-hybridized carbons (Fsp3) is 0.300. The van der Waals surface area contributed by atoms with E-state index in [1.165, 1.54) is 7.11 Å². The number of amides is 2. The lowest BCUT2D eigenvalue weighted by atomic mass is 10.2. The number of rotatable bonds is 3. The van der Waals surface area contributed by atoms with Crippen molar-refractivity contribution in [1.82, 2.24) is 10.0 Å². The molecule has 2 heterocycles. The van der Waals surface area contributed by atoms with Crippen molar-refractivity contribution in [1.29, 1.82) is 0 Å². The van der Waals surface area contributed by atoms with E-state index in [1.807, 2.05) is 18.2 Å². The molecule has 0 bridgehead atoms. The Bertz CT molecular complexity index is 974. The first-order valence-corrected chi connectivity index (χ1v) is 10.2. The maximum Gasteiger partial charge on any atom is 0.340 e. The summed E-state index contributed by atoms with van der Waals surface area (Å²) in [5.41, 5.74) is 1.25. The molecule has 4 rings (SSSR count). The molecule has 158 valence electrons. The number of halogens is 1. The van der Waals surface area contributed by atoms with Gasteiger partial charge in [-0.05, 0) is 49.0 Å². The molecule has 0 saturated carbocycles. The third kappa shape index (κ3) is 4.31. The van der Waals surface area contributed by atoms with E-state index in [2.05, 4.69) is 10.6 Å². The van der Waals surface area contributed by atoms with Crippen LogP contribution < -0.4 is 24.8 Å². The van der Waals surface area contributed by atoms with E-state index >= 15 is 0 Å². The van der Waals surface area contributed by atoms with Gasteiger partial charge in [0.1, 0.15) is 19.0 Å². The topological polar surface area (TPSA) is 75.3 Å². The van der Waals surface area contributed by atoms with Crippen LogP contribution in [0.5, 0.6) is 17.2 Å². The van der Waals surface area contributed by atoms with Gasteiger partial charge in [-0.2, -0.15) is 0 Å². The molecule has 2 aliphatic heterocycles. The minimum atomic E-state index is -0.320. The van der Waals surface area contributed by atoms with Gasteiger partial charge in [0, 0.05) is 29.9 Å². The molecule has 2 aromatic rings. The van der Waals surface area contributed by atoms with Crippen LogP contribution in [0.25, 0.3) is 0 Å². The number of nitrogens with zero attached hydrogens (tertiary/aromatic N) is 2. The molecule has 2 N–H and O–H groups in total. The standard InChI is InChI=1S/C20H21ClN4O4S/c1-27-16-5-3-13(21)11-15(16)23-19(26)24-7-2-8-25(24)20(30)22-14-4-6-17-18(12-14)29-10-9-28-17/h3-6,11-12H,2,7-10H2,1H3,(H,22,30)(H,23,26). The minimum Gasteiger partial charge on any atom is -0.495 e. The highest BCUT2D eigenvalue weighted by Crippen LogP contribution is 2.33. The molecule has 0 spiro atoms. The van der Waals surface area contributed by atoms with Crippen LogP contribution in [-0.2, 0) is 0 Å². The summed E-state index contributed by atoms with van der Waals surface area (Å²) in [6.45, 7) is 2.20. The number of anilines is 2. The molecule has 10 heteroatoms. The zero-order chi connectivity index (χ0) is 21.1. The van der Waals surface area contributed by atoms with Crippen LogP contribution in [0.4, 0.5) is 16.2 Å². The highest BCUT2D eigenvalue weighted by Gasteiger charge is 2.29. The van der Waals surface area contributed by atoms with Crippen molar-refractivity contribution >= 4 is 46.3 Å². The van der Waals surface area contributed by atoms with Gasteiger partial charge in [-0.15, -0.1) is 0 Å². The fourth-order valence-corrected chi connectivity index (χ4v) is 3.78. The lowest BCUT2D eigenvalue weighted by Crippen LogP contribution is -2.48. The number of carbonyl (C=O) groups excluding carboxylic acids is 1. The maximum atomic E-state index is 12.9. The van der Waals surface area contributed by atoms with Crippen molar-refractivity contribution in [3.05, 3.63) is 41.4 Å². The monoisotopic (exact) mass is 448 g/mol. The summed E-state index contributed by atoms with van der Waals surface area (Å²) in [7, 11) is 1.54. The largest absolute Gasteiger partial charge is 0.495 e. The maximum absolute atomic E-state index is 12.9. The van der Waals surface area contributed by atoms with Gasteiger partial charge >= 0.3 is 6.03 Å². The number of urea groups is 1. The summed E-state index contributed by atoms with van der Waals surface area (Å²) in [6.07, 6.45) is 0.795. The van der Waals surface area contributed by atoms with Gasteiger partial charge in [0.25, 0.3) is 0 Å². The summed E-state index contributed by atoms with van der Waals surface area (Å²) in [5, 5.41) is 10.2. The number of nitrogens with one attached hydrogen (secondary N) is 2. The highest BCUT2D eigenvalue weighted by molar-refractivity contribution is 7.80. The van der Waals surface area contributed by atoms with Gasteiger partial charge in [0.15, 0.2) is 16.6 Å². The molecule has 8 nitrogen and oxygen atoms in total. The number of methoxy groups -OCH3 is 1. The number of hydrogen-bond donors (Lipinski definition) is 2. The Labute approximate surface area is 184 Å². The smallest absolute Gasteiger partial charge is 0.340 e. The zero-order valence-corrected chi connectivity index (χ0v) is 17.9. The normalized spacial score (nSPS) is 15.0. The van der Waals surface area contributed by atoms with E-state index in [0.717, 1.165) is 12.1 Å². The van der Waals surface area contributed by atoms with E-state index in [-0.39, 0.29) is 6.03 Å². The van der Waals surface area contributed by atoms with E-state index in [9.17, 15) is 4.79 Å². The number of hydrogen-bond acceptors (Lipinski definition) is 5. The van der Waals surface area contributed by atoms with Crippen LogP contribution in [0.2, 0.25) is 5.02 Å². The van der Waals surface area contributed by atoms with Crippen molar-refractivity contribution in [3.63, 3.8) is 0 Å². The Hall–Kier alpha value is -2.91. The first-order chi connectivity index (χ1) is 14.5. The number of carbonyl (C=O) groups is 1. The second-order valence-corrected chi connectivity index (χ2v) is 7.49. The van der Waals surface area contributed by atoms with E-state index in [1.54, 1.807) is 28.2 Å². The number of benzene rings is 2. The highest BCUT2D eigenvalue weighted by atomic mass is 35.5. The Morgan fingerprint density at radius 2 is 1.83 bits per heavy atom. The molecule has 0 aromatic heterocycles.